The molecule has 3 aromatic rings. The summed E-state index contributed by atoms with van der Waals surface area (Å²) < 4.78 is 5.55. The lowest BCUT2D eigenvalue weighted by Crippen LogP contribution is -1.90. The van der Waals surface area contributed by atoms with E-state index in [2.05, 4.69) is 0 Å². The number of rotatable bonds is 3. The molecule has 0 atom stereocenters. The van der Waals surface area contributed by atoms with E-state index in [0.29, 0.717) is 5.76 Å². The molecule has 0 saturated heterocycles. The fourth-order valence-electron chi connectivity index (χ4n) is 2.12. The molecule has 98 valence electrons. The molecule has 0 aliphatic heterocycles. The van der Waals surface area contributed by atoms with Crippen LogP contribution >= 0.6 is 0 Å². The summed E-state index contributed by atoms with van der Waals surface area (Å²) in [5.41, 5.74) is 2.92. The summed E-state index contributed by atoms with van der Waals surface area (Å²) in [6, 6.07) is 17.3. The minimum absolute atomic E-state index is 0.121. The average molecular weight is 262 g/mol. The van der Waals surface area contributed by atoms with Crippen molar-refractivity contribution in [3.8, 4) is 0 Å². The third kappa shape index (κ3) is 2.41. The Morgan fingerprint density at radius 3 is 2.60 bits per heavy atom. The first kappa shape index (κ1) is 12.4. The van der Waals surface area contributed by atoms with E-state index in [4.69, 9.17) is 4.42 Å². The lowest BCUT2D eigenvalue weighted by molar-refractivity contribution is 0.102. The normalized spacial score (nSPS) is 11.2. The third-order valence-corrected chi connectivity index (χ3v) is 3.27. The second-order valence-corrected chi connectivity index (χ2v) is 4.70. The van der Waals surface area contributed by atoms with Crippen molar-refractivity contribution < 1.29 is 9.21 Å². The van der Waals surface area contributed by atoms with E-state index in [1.165, 1.54) is 0 Å². The van der Waals surface area contributed by atoms with E-state index in [1.807, 2.05) is 61.5 Å². The predicted octanol–water partition coefficient (Wildman–Crippen LogP) is 4.64. The van der Waals surface area contributed by atoms with Crippen LogP contribution in [0.5, 0.6) is 0 Å². The second kappa shape index (κ2) is 5.17. The van der Waals surface area contributed by atoms with Gasteiger partial charge in [-0.15, -0.1) is 0 Å². The molecule has 0 bridgehead atoms. The first-order chi connectivity index (χ1) is 9.74. The van der Waals surface area contributed by atoms with Crippen molar-refractivity contribution in [3.63, 3.8) is 0 Å². The van der Waals surface area contributed by atoms with Crippen molar-refractivity contribution in [2.24, 2.45) is 0 Å². The smallest absolute Gasteiger partial charge is 0.221 e. The summed E-state index contributed by atoms with van der Waals surface area (Å²) >= 11 is 0. The molecule has 0 amide bonds. The second-order valence-electron chi connectivity index (χ2n) is 4.70. The van der Waals surface area contributed by atoms with Gasteiger partial charge in [0.1, 0.15) is 5.58 Å². The molecule has 0 spiro atoms. The molecule has 0 aliphatic carbocycles. The van der Waals surface area contributed by atoms with Crippen molar-refractivity contribution in [2.75, 3.05) is 0 Å². The molecular weight excluding hydrogens is 248 g/mol. The van der Waals surface area contributed by atoms with Crippen LogP contribution in [0.15, 0.2) is 65.1 Å². The summed E-state index contributed by atoms with van der Waals surface area (Å²) in [6.45, 7) is 2.02. The van der Waals surface area contributed by atoms with Crippen LogP contribution in [0.25, 0.3) is 17.0 Å². The lowest BCUT2D eigenvalue weighted by atomic mass is 10.1. The van der Waals surface area contributed by atoms with Crippen LogP contribution in [0.1, 0.15) is 21.7 Å². The van der Waals surface area contributed by atoms with E-state index in [0.717, 1.165) is 22.1 Å². The van der Waals surface area contributed by atoms with Gasteiger partial charge in [0, 0.05) is 5.39 Å². The van der Waals surface area contributed by atoms with Crippen molar-refractivity contribution in [1.29, 1.82) is 0 Å². The van der Waals surface area contributed by atoms with Gasteiger partial charge in [-0.05, 0) is 36.3 Å². The van der Waals surface area contributed by atoms with E-state index in [9.17, 15) is 4.79 Å². The minimum Gasteiger partial charge on any atom is -0.453 e. The van der Waals surface area contributed by atoms with Gasteiger partial charge in [0.05, 0.1) is 0 Å². The summed E-state index contributed by atoms with van der Waals surface area (Å²) in [4.78, 5) is 12.1. The molecule has 0 N–H and O–H groups in total. The predicted molar refractivity (Wildman–Crippen MR) is 80.8 cm³/mol. The highest BCUT2D eigenvalue weighted by atomic mass is 16.3. The molecule has 20 heavy (non-hydrogen) atoms. The van der Waals surface area contributed by atoms with Crippen LogP contribution in [-0.2, 0) is 0 Å². The number of ketones is 1. The molecule has 3 rings (SSSR count). The molecule has 2 nitrogen and oxygen atoms in total. The van der Waals surface area contributed by atoms with E-state index in [-0.39, 0.29) is 5.78 Å². The molecular formula is C18H14O2. The Hall–Kier alpha value is -2.61. The van der Waals surface area contributed by atoms with Gasteiger partial charge < -0.3 is 4.42 Å². The van der Waals surface area contributed by atoms with Crippen LogP contribution in [0, 0.1) is 6.92 Å². The summed E-state index contributed by atoms with van der Waals surface area (Å²) in [7, 11) is 0. The first-order valence-electron chi connectivity index (χ1n) is 6.51. The number of fused-ring (bicyclic) bond motifs is 1. The Morgan fingerprint density at radius 2 is 1.80 bits per heavy atom. The number of hydrogen-bond donors (Lipinski definition) is 0. The van der Waals surface area contributed by atoms with Crippen LogP contribution in [-0.4, -0.2) is 5.78 Å². The van der Waals surface area contributed by atoms with Crippen LogP contribution in [0.3, 0.4) is 0 Å². The highest BCUT2D eigenvalue weighted by Gasteiger charge is 2.08. The standard InChI is InChI=1S/C18H14O2/c1-13-6-2-3-7-14(13)10-11-16(19)18-12-15-8-4-5-9-17(15)20-18/h2-12H,1H3. The Labute approximate surface area is 117 Å². The number of aryl methyl sites for hydroxylation is 1. The Bertz CT molecular complexity index is 761. The van der Waals surface area contributed by atoms with Crippen molar-refractivity contribution in [3.05, 3.63) is 77.6 Å². The topological polar surface area (TPSA) is 30.2 Å². The maximum Gasteiger partial charge on any atom is 0.221 e. The largest absolute Gasteiger partial charge is 0.453 e. The summed E-state index contributed by atoms with van der Waals surface area (Å²) in [5, 5.41) is 0.945. The highest BCUT2D eigenvalue weighted by Crippen LogP contribution is 2.19. The lowest BCUT2D eigenvalue weighted by Gasteiger charge is -1.97. The average Bonchev–Trinajstić information content (AvgIpc) is 2.90. The zero-order valence-electron chi connectivity index (χ0n) is 11.2. The molecule has 2 aromatic carbocycles. The Balaban J connectivity index is 1.88. The van der Waals surface area contributed by atoms with Gasteiger partial charge in [0.25, 0.3) is 0 Å². The van der Waals surface area contributed by atoms with Crippen molar-refractivity contribution in [2.45, 2.75) is 6.92 Å². The summed E-state index contributed by atoms with van der Waals surface area (Å²) in [5.74, 6) is 0.250. The number of hydrogen-bond acceptors (Lipinski definition) is 2. The van der Waals surface area contributed by atoms with Crippen LogP contribution in [0.4, 0.5) is 0 Å². The molecule has 1 aromatic heterocycles. The van der Waals surface area contributed by atoms with Gasteiger partial charge in [-0.1, -0.05) is 48.5 Å². The van der Waals surface area contributed by atoms with E-state index >= 15 is 0 Å². The number of carbonyl (C=O) groups excluding carboxylic acids is 1. The van der Waals surface area contributed by atoms with Gasteiger partial charge >= 0.3 is 0 Å². The highest BCUT2D eigenvalue weighted by molar-refractivity contribution is 6.07. The fraction of sp³-hybridized carbons (Fsp3) is 0.0556. The monoisotopic (exact) mass is 262 g/mol. The number of carbonyl (C=O) groups is 1. The van der Waals surface area contributed by atoms with Crippen molar-refractivity contribution >= 4 is 22.8 Å². The number of furan rings is 1. The fourth-order valence-corrected chi connectivity index (χ4v) is 2.12. The van der Waals surface area contributed by atoms with Gasteiger partial charge in [-0.2, -0.15) is 0 Å². The van der Waals surface area contributed by atoms with Gasteiger partial charge in [-0.25, -0.2) is 0 Å². The number of para-hydroxylation sites is 1. The zero-order valence-corrected chi connectivity index (χ0v) is 11.2. The Morgan fingerprint density at radius 1 is 1.05 bits per heavy atom. The maximum atomic E-state index is 12.1. The maximum absolute atomic E-state index is 12.1. The SMILES string of the molecule is Cc1ccccc1C=CC(=O)c1cc2ccccc2o1. The molecule has 2 heteroatoms. The van der Waals surface area contributed by atoms with Gasteiger partial charge in [0.15, 0.2) is 5.76 Å². The third-order valence-electron chi connectivity index (χ3n) is 3.27. The Kier molecular flexibility index (Phi) is 3.21. The molecule has 0 saturated carbocycles. The van der Waals surface area contributed by atoms with Gasteiger partial charge in [0.2, 0.25) is 5.78 Å². The van der Waals surface area contributed by atoms with Gasteiger partial charge in [-0.3, -0.25) is 4.79 Å². The molecule has 0 aliphatic rings. The first-order valence-corrected chi connectivity index (χ1v) is 6.51. The van der Waals surface area contributed by atoms with E-state index < -0.39 is 0 Å². The molecule has 0 radical (unpaired) electrons. The molecule has 0 fully saturated rings. The summed E-state index contributed by atoms with van der Waals surface area (Å²) in [6.07, 6.45) is 3.38. The quantitative estimate of drug-likeness (QED) is 0.508. The van der Waals surface area contributed by atoms with Crippen LogP contribution < -0.4 is 0 Å². The van der Waals surface area contributed by atoms with E-state index in [1.54, 1.807) is 12.1 Å². The van der Waals surface area contributed by atoms with Crippen molar-refractivity contribution in [1.82, 2.24) is 0 Å². The minimum atomic E-state index is -0.121. The number of allylic oxidation sites excluding steroid dienone is 1. The van der Waals surface area contributed by atoms with Crippen LogP contribution in [0.2, 0.25) is 0 Å². The molecule has 1 heterocycles. The molecule has 0 unspecified atom stereocenters. The number of benzene rings is 2. The zero-order chi connectivity index (χ0) is 13.9.